The van der Waals surface area contributed by atoms with Gasteiger partial charge in [0.15, 0.2) is 0 Å². The summed E-state index contributed by atoms with van der Waals surface area (Å²) in [7, 11) is 0. The summed E-state index contributed by atoms with van der Waals surface area (Å²) in [5, 5.41) is 0. The van der Waals surface area contributed by atoms with Crippen LogP contribution in [0.4, 0.5) is 0 Å². The predicted octanol–water partition coefficient (Wildman–Crippen LogP) is 5.68. The molecule has 0 N–H and O–H groups in total. The number of allylic oxidation sites excluding steroid dienone is 2. The molecule has 0 aromatic rings. The third-order valence-electron chi connectivity index (χ3n) is 3.43. The van der Waals surface area contributed by atoms with Crippen molar-refractivity contribution >= 4 is 0 Å². The van der Waals surface area contributed by atoms with Crippen molar-refractivity contribution in [3.8, 4) is 0 Å². The molecule has 0 aliphatic heterocycles. The van der Waals surface area contributed by atoms with E-state index in [1.807, 2.05) is 0 Å². The monoisotopic (exact) mass is 238 g/mol. The van der Waals surface area contributed by atoms with Gasteiger partial charge in [0.1, 0.15) is 0 Å². The normalized spacial score (nSPS) is 14.1. The Hall–Kier alpha value is -0.720. The van der Waals surface area contributed by atoms with E-state index in [9.17, 15) is 0 Å². The Morgan fingerprint density at radius 3 is 1.41 bits per heavy atom. The molecular formula is C16H30O. The number of ether oxygens (including phenoxy) is 1. The third-order valence-corrected chi connectivity index (χ3v) is 3.43. The number of hydrogen-bond donors (Lipinski definition) is 0. The first kappa shape index (κ1) is 16.3. The van der Waals surface area contributed by atoms with Gasteiger partial charge < -0.3 is 4.74 Å². The maximum Gasteiger partial charge on any atom is 0.0995 e. The summed E-state index contributed by atoms with van der Waals surface area (Å²) in [6, 6.07) is 0. The maximum absolute atomic E-state index is 5.87. The highest BCUT2D eigenvalue weighted by Gasteiger charge is 2.16. The lowest BCUT2D eigenvalue weighted by molar-refractivity contribution is 0.205. The van der Waals surface area contributed by atoms with Gasteiger partial charge in [-0.15, -0.1) is 0 Å². The fourth-order valence-corrected chi connectivity index (χ4v) is 2.22. The Balaban J connectivity index is 4.29. The zero-order valence-corrected chi connectivity index (χ0v) is 12.2. The van der Waals surface area contributed by atoms with Crippen LogP contribution in [0.5, 0.6) is 0 Å². The van der Waals surface area contributed by atoms with Crippen molar-refractivity contribution in [1.29, 1.82) is 0 Å². The zero-order chi connectivity index (χ0) is 13.3. The highest BCUT2D eigenvalue weighted by Crippen LogP contribution is 2.27. The summed E-state index contributed by atoms with van der Waals surface area (Å²) in [5.74, 6) is 2.79. The molecule has 0 aliphatic rings. The van der Waals surface area contributed by atoms with Crippen molar-refractivity contribution < 1.29 is 4.74 Å². The van der Waals surface area contributed by atoms with Crippen LogP contribution in [0.3, 0.4) is 0 Å². The van der Waals surface area contributed by atoms with Gasteiger partial charge in [0.2, 0.25) is 0 Å². The molecule has 1 nitrogen and oxygen atoms in total. The zero-order valence-electron chi connectivity index (χ0n) is 12.2. The van der Waals surface area contributed by atoms with Crippen molar-refractivity contribution in [1.82, 2.24) is 0 Å². The van der Waals surface area contributed by atoms with Crippen molar-refractivity contribution in [2.75, 3.05) is 0 Å². The second kappa shape index (κ2) is 9.32. The summed E-state index contributed by atoms with van der Waals surface area (Å²) in [6.07, 6.45) is 6.88. The van der Waals surface area contributed by atoms with Gasteiger partial charge in [0, 0.05) is 11.8 Å². The SMILES string of the molecule is C=C(OC(=C)C(CC)CCC)C(CC)CCC. The van der Waals surface area contributed by atoms with Crippen LogP contribution < -0.4 is 0 Å². The van der Waals surface area contributed by atoms with Gasteiger partial charge in [-0.1, -0.05) is 53.7 Å². The topological polar surface area (TPSA) is 9.23 Å². The van der Waals surface area contributed by atoms with E-state index in [1.165, 1.54) is 12.8 Å². The average Bonchev–Trinajstić information content (AvgIpc) is 2.32. The van der Waals surface area contributed by atoms with Crippen molar-refractivity contribution in [3.63, 3.8) is 0 Å². The molecule has 0 aromatic carbocycles. The Bertz CT molecular complexity index is 206. The van der Waals surface area contributed by atoms with Gasteiger partial charge in [-0.05, 0) is 25.7 Å². The predicted molar refractivity (Wildman–Crippen MR) is 76.7 cm³/mol. The molecular weight excluding hydrogens is 208 g/mol. The molecule has 0 amide bonds. The van der Waals surface area contributed by atoms with Crippen LogP contribution in [0.2, 0.25) is 0 Å². The van der Waals surface area contributed by atoms with Gasteiger partial charge in [-0.25, -0.2) is 0 Å². The highest BCUT2D eigenvalue weighted by molar-refractivity contribution is 5.00. The number of hydrogen-bond acceptors (Lipinski definition) is 1. The lowest BCUT2D eigenvalue weighted by Gasteiger charge is -2.23. The molecule has 0 radical (unpaired) electrons. The largest absolute Gasteiger partial charge is 0.467 e. The van der Waals surface area contributed by atoms with E-state index in [-0.39, 0.29) is 0 Å². The van der Waals surface area contributed by atoms with Crippen LogP contribution in [0.15, 0.2) is 24.7 Å². The first-order valence-corrected chi connectivity index (χ1v) is 7.15. The minimum Gasteiger partial charge on any atom is -0.467 e. The van der Waals surface area contributed by atoms with E-state index >= 15 is 0 Å². The molecule has 0 saturated heterocycles. The van der Waals surface area contributed by atoms with Gasteiger partial charge in [-0.2, -0.15) is 0 Å². The van der Waals surface area contributed by atoms with Crippen LogP contribution in [0, 0.1) is 11.8 Å². The lowest BCUT2D eigenvalue weighted by atomic mass is 9.97. The fourth-order valence-electron chi connectivity index (χ4n) is 2.22. The second-order valence-electron chi connectivity index (χ2n) is 4.82. The minimum absolute atomic E-state index is 0.482. The highest BCUT2D eigenvalue weighted by atomic mass is 16.5. The Morgan fingerprint density at radius 1 is 0.824 bits per heavy atom. The van der Waals surface area contributed by atoms with Gasteiger partial charge in [-0.3, -0.25) is 0 Å². The molecule has 100 valence electrons. The molecule has 0 bridgehead atoms. The van der Waals surface area contributed by atoms with Crippen LogP contribution >= 0.6 is 0 Å². The molecule has 0 fully saturated rings. The van der Waals surface area contributed by atoms with Crippen LogP contribution in [-0.4, -0.2) is 0 Å². The van der Waals surface area contributed by atoms with Crippen LogP contribution in [0.1, 0.15) is 66.2 Å². The molecule has 2 atom stereocenters. The van der Waals surface area contributed by atoms with E-state index in [2.05, 4.69) is 40.9 Å². The molecule has 0 heterocycles. The van der Waals surface area contributed by atoms with Gasteiger partial charge in [0.05, 0.1) is 11.5 Å². The summed E-state index contributed by atoms with van der Waals surface area (Å²) in [6.45, 7) is 17.0. The first-order chi connectivity index (χ1) is 8.10. The lowest BCUT2D eigenvalue weighted by Crippen LogP contribution is -2.10. The minimum atomic E-state index is 0.482. The Morgan fingerprint density at radius 2 is 1.18 bits per heavy atom. The number of rotatable bonds is 10. The summed E-state index contributed by atoms with van der Waals surface area (Å²) >= 11 is 0. The smallest absolute Gasteiger partial charge is 0.0995 e. The summed E-state index contributed by atoms with van der Waals surface area (Å²) in [4.78, 5) is 0. The van der Waals surface area contributed by atoms with E-state index < -0.39 is 0 Å². The molecule has 1 heteroatoms. The van der Waals surface area contributed by atoms with Crippen molar-refractivity contribution in [2.45, 2.75) is 66.2 Å². The molecule has 17 heavy (non-hydrogen) atoms. The molecule has 0 aromatic heterocycles. The molecule has 0 saturated carbocycles. The Kier molecular flexibility index (Phi) is 8.93. The molecule has 2 unspecified atom stereocenters. The average molecular weight is 238 g/mol. The first-order valence-electron chi connectivity index (χ1n) is 7.15. The quantitative estimate of drug-likeness (QED) is 0.445. The summed E-state index contributed by atoms with van der Waals surface area (Å²) in [5.41, 5.74) is 0. The Labute approximate surface area is 108 Å². The molecule has 0 aliphatic carbocycles. The van der Waals surface area contributed by atoms with Crippen molar-refractivity contribution in [2.24, 2.45) is 11.8 Å². The molecule has 0 spiro atoms. The van der Waals surface area contributed by atoms with E-state index in [1.54, 1.807) is 0 Å². The van der Waals surface area contributed by atoms with Crippen LogP contribution in [0.25, 0.3) is 0 Å². The van der Waals surface area contributed by atoms with Gasteiger partial charge >= 0.3 is 0 Å². The second-order valence-corrected chi connectivity index (χ2v) is 4.82. The van der Waals surface area contributed by atoms with Crippen molar-refractivity contribution in [3.05, 3.63) is 24.7 Å². The molecule has 0 rings (SSSR count). The van der Waals surface area contributed by atoms with Crippen LogP contribution in [-0.2, 0) is 4.74 Å². The third kappa shape index (κ3) is 5.95. The standard InChI is InChI=1S/C16H30O/c1-7-11-15(9-3)13(5)17-14(6)16(10-4)12-8-2/h15-16H,5-12H2,1-4H3. The van der Waals surface area contributed by atoms with E-state index in [0.29, 0.717) is 11.8 Å². The van der Waals surface area contributed by atoms with Gasteiger partial charge in [0.25, 0.3) is 0 Å². The maximum atomic E-state index is 5.87. The summed E-state index contributed by atoms with van der Waals surface area (Å²) < 4.78 is 5.87. The fraction of sp³-hybridized carbons (Fsp3) is 0.750. The van der Waals surface area contributed by atoms with E-state index in [0.717, 1.165) is 37.2 Å². The van der Waals surface area contributed by atoms with E-state index in [4.69, 9.17) is 4.74 Å².